The maximum absolute atomic E-state index is 12.4. The second kappa shape index (κ2) is 6.48. The molecule has 0 aliphatic carbocycles. The average molecular weight is 286 g/mol. The zero-order valence-corrected chi connectivity index (χ0v) is 12.8. The average Bonchev–Trinajstić information content (AvgIpc) is 2.49. The van der Waals surface area contributed by atoms with Crippen molar-refractivity contribution in [3.8, 4) is 17.0 Å². The summed E-state index contributed by atoms with van der Waals surface area (Å²) in [5.74, 6) is 0.801. The van der Waals surface area contributed by atoms with Gasteiger partial charge in [0.25, 0.3) is 5.56 Å². The third-order valence-corrected chi connectivity index (χ3v) is 3.62. The lowest BCUT2D eigenvalue weighted by Gasteiger charge is -2.19. The zero-order chi connectivity index (χ0) is 15.4. The highest BCUT2D eigenvalue weighted by atomic mass is 16.5. The number of rotatable bonds is 5. The van der Waals surface area contributed by atoms with Crippen LogP contribution in [0, 0.1) is 0 Å². The zero-order valence-electron chi connectivity index (χ0n) is 12.8. The van der Waals surface area contributed by atoms with E-state index in [1.54, 1.807) is 10.6 Å². The number of aromatic nitrogens is 1. The number of hydrogen-bond acceptors (Lipinski definition) is 3. The van der Waals surface area contributed by atoms with Crippen molar-refractivity contribution in [3.05, 3.63) is 46.8 Å². The normalized spacial score (nSPS) is 12.1. The predicted molar refractivity (Wildman–Crippen MR) is 86.7 cm³/mol. The van der Waals surface area contributed by atoms with E-state index in [0.717, 1.165) is 23.4 Å². The number of hydrogen-bond donors (Lipinski definition) is 1. The first kappa shape index (κ1) is 15.2. The Labute approximate surface area is 125 Å². The van der Waals surface area contributed by atoms with E-state index in [0.29, 0.717) is 6.61 Å². The second-order valence-electron chi connectivity index (χ2n) is 5.07. The van der Waals surface area contributed by atoms with Gasteiger partial charge in [0, 0.05) is 11.6 Å². The van der Waals surface area contributed by atoms with Gasteiger partial charge in [-0.25, -0.2) is 0 Å². The minimum absolute atomic E-state index is 0.0896. The summed E-state index contributed by atoms with van der Waals surface area (Å²) in [6.45, 7) is 6.64. The van der Waals surface area contributed by atoms with Crippen molar-refractivity contribution in [2.75, 3.05) is 12.3 Å². The van der Waals surface area contributed by atoms with Crippen LogP contribution in [0.25, 0.3) is 11.3 Å². The maximum Gasteiger partial charge on any atom is 0.274 e. The van der Waals surface area contributed by atoms with Gasteiger partial charge in [-0.1, -0.05) is 19.1 Å². The first-order valence-electron chi connectivity index (χ1n) is 7.32. The van der Waals surface area contributed by atoms with Gasteiger partial charge in [-0.3, -0.25) is 4.79 Å². The molecule has 1 unspecified atom stereocenters. The Kier molecular flexibility index (Phi) is 4.68. The van der Waals surface area contributed by atoms with Gasteiger partial charge < -0.3 is 15.0 Å². The van der Waals surface area contributed by atoms with Crippen LogP contribution in [0.2, 0.25) is 0 Å². The van der Waals surface area contributed by atoms with Crippen molar-refractivity contribution in [3.63, 3.8) is 0 Å². The number of ether oxygens (including phenoxy) is 1. The number of nitrogens with zero attached hydrogens (tertiary/aromatic N) is 1. The molecule has 0 saturated heterocycles. The summed E-state index contributed by atoms with van der Waals surface area (Å²) in [6, 6.07) is 11.4. The molecule has 0 aliphatic rings. The molecule has 0 amide bonds. The molecular weight excluding hydrogens is 264 g/mol. The van der Waals surface area contributed by atoms with E-state index in [1.807, 2.05) is 44.2 Å². The Morgan fingerprint density at radius 2 is 2.00 bits per heavy atom. The fourth-order valence-corrected chi connectivity index (χ4v) is 2.34. The molecule has 2 rings (SSSR count). The lowest BCUT2D eigenvalue weighted by atomic mass is 10.1. The van der Waals surface area contributed by atoms with Crippen LogP contribution in [0.5, 0.6) is 5.75 Å². The van der Waals surface area contributed by atoms with E-state index in [4.69, 9.17) is 10.5 Å². The molecule has 4 heteroatoms. The van der Waals surface area contributed by atoms with Gasteiger partial charge >= 0.3 is 0 Å². The van der Waals surface area contributed by atoms with Crippen molar-refractivity contribution in [2.24, 2.45) is 0 Å². The van der Waals surface area contributed by atoms with Gasteiger partial charge in [0.2, 0.25) is 0 Å². The highest BCUT2D eigenvalue weighted by Crippen LogP contribution is 2.26. The SMILES string of the molecule is CCOc1cccc(-c2ccc(N)c(=O)n2C(C)CC)c1. The maximum atomic E-state index is 12.4. The predicted octanol–water partition coefficient (Wildman–Crippen LogP) is 3.47. The van der Waals surface area contributed by atoms with Crippen molar-refractivity contribution in [1.82, 2.24) is 4.57 Å². The van der Waals surface area contributed by atoms with Crippen molar-refractivity contribution < 1.29 is 4.74 Å². The molecule has 1 atom stereocenters. The minimum Gasteiger partial charge on any atom is -0.494 e. The van der Waals surface area contributed by atoms with Gasteiger partial charge in [-0.05, 0) is 44.5 Å². The molecule has 1 aromatic heterocycles. The number of nitrogens with two attached hydrogens (primary N) is 1. The van der Waals surface area contributed by atoms with Crippen LogP contribution in [0.1, 0.15) is 33.2 Å². The fraction of sp³-hybridized carbons (Fsp3) is 0.353. The summed E-state index contributed by atoms with van der Waals surface area (Å²) in [5, 5.41) is 0. The lowest BCUT2D eigenvalue weighted by Crippen LogP contribution is -2.26. The molecular formula is C17H22N2O2. The summed E-state index contributed by atoms with van der Waals surface area (Å²) < 4.78 is 7.30. The first-order valence-corrected chi connectivity index (χ1v) is 7.32. The van der Waals surface area contributed by atoms with E-state index in [9.17, 15) is 4.79 Å². The Hall–Kier alpha value is -2.23. The van der Waals surface area contributed by atoms with Crippen LogP contribution in [-0.2, 0) is 0 Å². The van der Waals surface area contributed by atoms with Gasteiger partial charge in [0.1, 0.15) is 5.75 Å². The van der Waals surface area contributed by atoms with E-state index < -0.39 is 0 Å². The van der Waals surface area contributed by atoms with Crippen molar-refractivity contribution in [2.45, 2.75) is 33.2 Å². The van der Waals surface area contributed by atoms with E-state index in [2.05, 4.69) is 6.92 Å². The Bertz CT molecular complexity index is 677. The van der Waals surface area contributed by atoms with Crippen molar-refractivity contribution >= 4 is 5.69 Å². The Balaban J connectivity index is 2.61. The molecule has 0 spiro atoms. The third kappa shape index (κ3) is 3.10. The summed E-state index contributed by atoms with van der Waals surface area (Å²) in [5.41, 5.74) is 7.74. The number of benzene rings is 1. The molecule has 0 aliphatic heterocycles. The van der Waals surface area contributed by atoms with Gasteiger partial charge in [0.05, 0.1) is 18.0 Å². The molecule has 0 saturated carbocycles. The Morgan fingerprint density at radius 3 is 2.67 bits per heavy atom. The number of pyridine rings is 1. The monoisotopic (exact) mass is 286 g/mol. The van der Waals surface area contributed by atoms with Crippen LogP contribution >= 0.6 is 0 Å². The van der Waals surface area contributed by atoms with E-state index in [1.165, 1.54) is 0 Å². The highest BCUT2D eigenvalue weighted by Gasteiger charge is 2.13. The molecule has 1 heterocycles. The summed E-state index contributed by atoms with van der Waals surface area (Å²) in [6.07, 6.45) is 0.863. The molecule has 1 aromatic carbocycles. The second-order valence-corrected chi connectivity index (χ2v) is 5.07. The molecule has 2 aromatic rings. The van der Waals surface area contributed by atoms with Crippen molar-refractivity contribution in [1.29, 1.82) is 0 Å². The number of nitrogen functional groups attached to an aromatic ring is 1. The lowest BCUT2D eigenvalue weighted by molar-refractivity contribution is 0.340. The molecule has 0 radical (unpaired) electrons. The standard InChI is InChI=1S/C17H22N2O2/c1-4-12(3)19-16(10-9-15(18)17(19)20)13-7-6-8-14(11-13)21-5-2/h6-12H,4-5,18H2,1-3H3. The van der Waals surface area contributed by atoms with E-state index >= 15 is 0 Å². The van der Waals surface area contributed by atoms with Crippen LogP contribution < -0.4 is 16.0 Å². The highest BCUT2D eigenvalue weighted by molar-refractivity contribution is 5.63. The van der Waals surface area contributed by atoms with Crippen LogP contribution in [-0.4, -0.2) is 11.2 Å². The summed E-state index contributed by atoms with van der Waals surface area (Å²) >= 11 is 0. The summed E-state index contributed by atoms with van der Waals surface area (Å²) in [4.78, 5) is 12.4. The van der Waals surface area contributed by atoms with Crippen LogP contribution in [0.4, 0.5) is 5.69 Å². The molecule has 4 nitrogen and oxygen atoms in total. The van der Waals surface area contributed by atoms with Gasteiger partial charge in [-0.2, -0.15) is 0 Å². The van der Waals surface area contributed by atoms with Gasteiger partial charge in [-0.15, -0.1) is 0 Å². The quantitative estimate of drug-likeness (QED) is 0.915. The first-order chi connectivity index (χ1) is 10.1. The summed E-state index contributed by atoms with van der Waals surface area (Å²) in [7, 11) is 0. The molecule has 2 N–H and O–H groups in total. The van der Waals surface area contributed by atoms with Crippen LogP contribution in [0.15, 0.2) is 41.2 Å². The third-order valence-electron chi connectivity index (χ3n) is 3.62. The van der Waals surface area contributed by atoms with E-state index in [-0.39, 0.29) is 17.3 Å². The largest absolute Gasteiger partial charge is 0.494 e. The number of anilines is 1. The minimum atomic E-state index is -0.135. The smallest absolute Gasteiger partial charge is 0.274 e. The Morgan fingerprint density at radius 1 is 1.24 bits per heavy atom. The molecule has 112 valence electrons. The van der Waals surface area contributed by atoms with Gasteiger partial charge in [0.15, 0.2) is 0 Å². The molecule has 0 fully saturated rings. The fourth-order valence-electron chi connectivity index (χ4n) is 2.34. The van der Waals surface area contributed by atoms with Crippen LogP contribution in [0.3, 0.4) is 0 Å². The topological polar surface area (TPSA) is 57.2 Å². The molecule has 0 bridgehead atoms. The molecule has 21 heavy (non-hydrogen) atoms.